The zero-order chi connectivity index (χ0) is 14.5. The van der Waals surface area contributed by atoms with Gasteiger partial charge in [0, 0.05) is 13.1 Å². The summed E-state index contributed by atoms with van der Waals surface area (Å²) in [5.41, 5.74) is 5.54. The molecule has 4 heteroatoms. The van der Waals surface area contributed by atoms with Crippen molar-refractivity contribution in [3.63, 3.8) is 0 Å². The molecule has 2 unspecified atom stereocenters. The van der Waals surface area contributed by atoms with Gasteiger partial charge in [-0.15, -0.1) is 0 Å². The Kier molecular flexibility index (Phi) is 6.27. The van der Waals surface area contributed by atoms with Gasteiger partial charge in [0.1, 0.15) is 0 Å². The summed E-state index contributed by atoms with van der Waals surface area (Å²) in [7, 11) is 0. The van der Waals surface area contributed by atoms with Crippen molar-refractivity contribution in [1.29, 1.82) is 0 Å². The smallest absolute Gasteiger partial charge is 0.230 e. The molecule has 1 fully saturated rings. The average Bonchev–Trinajstić information content (AvgIpc) is 2.78. The van der Waals surface area contributed by atoms with Crippen molar-refractivity contribution < 1.29 is 9.90 Å². The van der Waals surface area contributed by atoms with Crippen LogP contribution in [-0.2, 0) is 4.79 Å². The number of rotatable bonds is 7. The van der Waals surface area contributed by atoms with Crippen LogP contribution in [0.5, 0.6) is 0 Å². The summed E-state index contributed by atoms with van der Waals surface area (Å²) < 4.78 is 0. The van der Waals surface area contributed by atoms with E-state index >= 15 is 0 Å². The van der Waals surface area contributed by atoms with Gasteiger partial charge in [0.05, 0.1) is 18.1 Å². The van der Waals surface area contributed by atoms with Crippen LogP contribution >= 0.6 is 0 Å². The molecule has 0 aromatic carbocycles. The topological polar surface area (TPSA) is 66.6 Å². The largest absolute Gasteiger partial charge is 0.394 e. The van der Waals surface area contributed by atoms with Crippen LogP contribution in [0.15, 0.2) is 0 Å². The van der Waals surface area contributed by atoms with Crippen molar-refractivity contribution >= 4 is 5.91 Å². The second-order valence-corrected chi connectivity index (χ2v) is 6.00. The Morgan fingerprint density at radius 2 is 1.95 bits per heavy atom. The monoisotopic (exact) mass is 270 g/mol. The lowest BCUT2D eigenvalue weighted by atomic mass is 9.77. The van der Waals surface area contributed by atoms with E-state index in [-0.39, 0.29) is 18.6 Å². The Balaban J connectivity index is 2.92. The highest BCUT2D eigenvalue weighted by molar-refractivity contribution is 5.83. The number of amides is 1. The molecular weight excluding hydrogens is 240 g/mol. The molecule has 0 spiro atoms. The van der Waals surface area contributed by atoms with Crippen molar-refractivity contribution in [2.45, 2.75) is 58.9 Å². The molecule has 1 aliphatic rings. The Bertz CT molecular complexity index is 288. The number of carbonyl (C=O) groups is 1. The maximum absolute atomic E-state index is 12.9. The van der Waals surface area contributed by atoms with Gasteiger partial charge in [0.25, 0.3) is 0 Å². The van der Waals surface area contributed by atoms with Crippen LogP contribution in [0.4, 0.5) is 0 Å². The molecule has 0 aromatic rings. The van der Waals surface area contributed by atoms with Crippen LogP contribution in [0.2, 0.25) is 0 Å². The Hall–Kier alpha value is -0.610. The molecule has 1 aliphatic heterocycles. The molecule has 112 valence electrons. The number of hydrogen-bond acceptors (Lipinski definition) is 3. The molecule has 3 N–H and O–H groups in total. The number of aliphatic hydroxyl groups is 1. The summed E-state index contributed by atoms with van der Waals surface area (Å²) in [6, 6.07) is -0.0212. The highest BCUT2D eigenvalue weighted by atomic mass is 16.3. The van der Waals surface area contributed by atoms with E-state index in [2.05, 4.69) is 20.8 Å². The number of likely N-dealkylation sites (tertiary alicyclic amines) is 1. The molecule has 1 rings (SSSR count). The summed E-state index contributed by atoms with van der Waals surface area (Å²) in [4.78, 5) is 14.8. The molecule has 4 nitrogen and oxygen atoms in total. The SMILES string of the molecule is CCCC(CN)(CCC)C(=O)N1CCC(C)C1CO. The Morgan fingerprint density at radius 1 is 1.37 bits per heavy atom. The zero-order valence-electron chi connectivity index (χ0n) is 12.7. The van der Waals surface area contributed by atoms with Crippen LogP contribution in [0.3, 0.4) is 0 Å². The number of nitrogens with two attached hydrogens (primary N) is 1. The van der Waals surface area contributed by atoms with Crippen LogP contribution in [0, 0.1) is 11.3 Å². The molecule has 2 atom stereocenters. The molecule has 1 amide bonds. The van der Waals surface area contributed by atoms with E-state index in [9.17, 15) is 9.90 Å². The molecule has 19 heavy (non-hydrogen) atoms. The lowest BCUT2D eigenvalue weighted by Gasteiger charge is -2.37. The highest BCUT2D eigenvalue weighted by Gasteiger charge is 2.43. The van der Waals surface area contributed by atoms with Crippen molar-refractivity contribution in [3.8, 4) is 0 Å². The third-order valence-corrected chi connectivity index (χ3v) is 4.63. The van der Waals surface area contributed by atoms with E-state index in [1.807, 2.05) is 4.90 Å². The van der Waals surface area contributed by atoms with E-state index in [0.717, 1.165) is 38.6 Å². The van der Waals surface area contributed by atoms with E-state index in [1.165, 1.54) is 0 Å². The molecule has 0 bridgehead atoms. The van der Waals surface area contributed by atoms with Gasteiger partial charge in [0.2, 0.25) is 5.91 Å². The predicted octanol–water partition coefficient (Wildman–Crippen LogP) is 1.76. The third-order valence-electron chi connectivity index (χ3n) is 4.63. The number of nitrogens with zero attached hydrogens (tertiary/aromatic N) is 1. The van der Waals surface area contributed by atoms with Gasteiger partial charge in [-0.1, -0.05) is 33.6 Å². The predicted molar refractivity (Wildman–Crippen MR) is 77.7 cm³/mol. The van der Waals surface area contributed by atoms with Crippen LogP contribution in [0.25, 0.3) is 0 Å². The number of carbonyl (C=O) groups excluding carboxylic acids is 1. The standard InChI is InChI=1S/C15H30N2O2/c1-4-7-15(11-16,8-5-2)14(19)17-9-6-12(3)13(17)10-18/h12-13,18H,4-11,16H2,1-3H3. The van der Waals surface area contributed by atoms with E-state index in [0.29, 0.717) is 12.5 Å². The Morgan fingerprint density at radius 3 is 2.37 bits per heavy atom. The number of aliphatic hydroxyl groups excluding tert-OH is 1. The van der Waals surface area contributed by atoms with Gasteiger partial charge in [-0.25, -0.2) is 0 Å². The fraction of sp³-hybridized carbons (Fsp3) is 0.933. The molecule has 1 heterocycles. The summed E-state index contributed by atoms with van der Waals surface area (Å²) in [5.74, 6) is 0.551. The van der Waals surface area contributed by atoms with Crippen molar-refractivity contribution in [2.24, 2.45) is 17.1 Å². The van der Waals surface area contributed by atoms with Crippen LogP contribution in [-0.4, -0.2) is 41.7 Å². The first-order valence-electron chi connectivity index (χ1n) is 7.68. The maximum atomic E-state index is 12.9. The minimum atomic E-state index is -0.416. The molecule has 1 saturated heterocycles. The number of hydrogen-bond donors (Lipinski definition) is 2. The van der Waals surface area contributed by atoms with Gasteiger partial charge in [0.15, 0.2) is 0 Å². The minimum Gasteiger partial charge on any atom is -0.394 e. The molecule has 0 aromatic heterocycles. The fourth-order valence-corrected chi connectivity index (χ4v) is 3.43. The molecule has 0 aliphatic carbocycles. The van der Waals surface area contributed by atoms with Gasteiger partial charge in [-0.2, -0.15) is 0 Å². The summed E-state index contributed by atoms with van der Waals surface area (Å²) >= 11 is 0. The van der Waals surface area contributed by atoms with Crippen LogP contribution < -0.4 is 5.73 Å². The van der Waals surface area contributed by atoms with Gasteiger partial charge in [-0.05, 0) is 25.2 Å². The normalized spacial score (nSPS) is 23.9. The highest BCUT2D eigenvalue weighted by Crippen LogP contribution is 2.35. The quantitative estimate of drug-likeness (QED) is 0.741. The zero-order valence-corrected chi connectivity index (χ0v) is 12.7. The van der Waals surface area contributed by atoms with E-state index in [4.69, 9.17) is 5.73 Å². The first-order valence-corrected chi connectivity index (χ1v) is 7.68. The van der Waals surface area contributed by atoms with Gasteiger partial charge in [-0.3, -0.25) is 4.79 Å². The van der Waals surface area contributed by atoms with Crippen molar-refractivity contribution in [3.05, 3.63) is 0 Å². The molecule has 0 radical (unpaired) electrons. The van der Waals surface area contributed by atoms with Gasteiger partial charge < -0.3 is 15.7 Å². The first-order chi connectivity index (χ1) is 9.06. The van der Waals surface area contributed by atoms with Crippen LogP contribution in [0.1, 0.15) is 52.9 Å². The van der Waals surface area contributed by atoms with Gasteiger partial charge >= 0.3 is 0 Å². The second kappa shape index (κ2) is 7.25. The second-order valence-electron chi connectivity index (χ2n) is 6.00. The van der Waals surface area contributed by atoms with Crippen molar-refractivity contribution in [1.82, 2.24) is 4.90 Å². The summed E-state index contributed by atoms with van der Waals surface area (Å²) in [5, 5.41) is 9.53. The van der Waals surface area contributed by atoms with Crippen molar-refractivity contribution in [2.75, 3.05) is 19.7 Å². The minimum absolute atomic E-state index is 0.0212. The summed E-state index contributed by atoms with van der Waals surface area (Å²) in [6.07, 6.45) is 4.61. The molecular formula is C15H30N2O2. The maximum Gasteiger partial charge on any atom is 0.230 e. The summed E-state index contributed by atoms with van der Waals surface area (Å²) in [6.45, 7) is 7.55. The Labute approximate surface area is 117 Å². The van der Waals surface area contributed by atoms with E-state index in [1.54, 1.807) is 0 Å². The lowest BCUT2D eigenvalue weighted by molar-refractivity contribution is -0.144. The fourth-order valence-electron chi connectivity index (χ4n) is 3.43. The first kappa shape index (κ1) is 16.4. The van der Waals surface area contributed by atoms with E-state index < -0.39 is 5.41 Å². The average molecular weight is 270 g/mol. The third kappa shape index (κ3) is 3.29. The molecule has 0 saturated carbocycles. The lowest BCUT2D eigenvalue weighted by Crippen LogP contribution is -2.51.